The van der Waals surface area contributed by atoms with Gasteiger partial charge in [-0.25, -0.2) is 0 Å². The van der Waals surface area contributed by atoms with Crippen molar-refractivity contribution in [1.29, 1.82) is 0 Å². The molecular formula is C19H23NO5. The van der Waals surface area contributed by atoms with E-state index in [9.17, 15) is 14.8 Å². The molecule has 6 nitrogen and oxygen atoms in total. The predicted octanol–water partition coefficient (Wildman–Crippen LogP) is 3.69. The molecule has 0 saturated heterocycles. The Bertz CT molecular complexity index is 744. The standard InChI is InChI=1S/C19H23NO5/c1-24-18(22)11-5-3-4-10-17(21)20(23)16-13-12-14-8-6-7-9-15(14)19(16)25-2/h6-9,12-13,23H,3-5,10-11H2,1-2H3. The maximum Gasteiger partial charge on any atom is 0.305 e. The highest BCUT2D eigenvalue weighted by atomic mass is 16.5. The van der Waals surface area contributed by atoms with E-state index in [4.69, 9.17) is 4.74 Å². The van der Waals surface area contributed by atoms with Crippen LogP contribution in [0.5, 0.6) is 5.75 Å². The second-order valence-electron chi connectivity index (χ2n) is 5.68. The van der Waals surface area contributed by atoms with Crippen LogP contribution in [0, 0.1) is 0 Å². The third-order valence-electron chi connectivity index (χ3n) is 4.03. The number of amides is 1. The van der Waals surface area contributed by atoms with Crippen LogP contribution in [0.4, 0.5) is 5.69 Å². The van der Waals surface area contributed by atoms with Crippen molar-refractivity contribution in [3.8, 4) is 5.75 Å². The van der Waals surface area contributed by atoms with Gasteiger partial charge in [-0.05, 0) is 24.3 Å². The van der Waals surface area contributed by atoms with Crippen LogP contribution in [0.25, 0.3) is 10.8 Å². The number of ether oxygens (including phenoxy) is 2. The molecule has 0 aliphatic rings. The van der Waals surface area contributed by atoms with Gasteiger partial charge in [0.05, 0.1) is 14.2 Å². The Morgan fingerprint density at radius 2 is 1.72 bits per heavy atom. The summed E-state index contributed by atoms with van der Waals surface area (Å²) in [5.74, 6) is -0.206. The molecule has 0 aliphatic heterocycles. The molecule has 0 bridgehead atoms. The fraction of sp³-hybridized carbons (Fsp3) is 0.368. The number of fused-ring (bicyclic) bond motifs is 1. The number of esters is 1. The Balaban J connectivity index is 2.00. The first kappa shape index (κ1) is 18.7. The van der Waals surface area contributed by atoms with Gasteiger partial charge in [0, 0.05) is 18.2 Å². The number of hydrogen-bond acceptors (Lipinski definition) is 5. The molecule has 0 aromatic heterocycles. The van der Waals surface area contributed by atoms with Crippen molar-refractivity contribution in [2.75, 3.05) is 19.3 Å². The van der Waals surface area contributed by atoms with Crippen molar-refractivity contribution in [1.82, 2.24) is 0 Å². The Morgan fingerprint density at radius 3 is 2.44 bits per heavy atom. The smallest absolute Gasteiger partial charge is 0.305 e. The number of anilines is 1. The summed E-state index contributed by atoms with van der Waals surface area (Å²) < 4.78 is 9.97. The molecule has 0 aliphatic carbocycles. The molecular weight excluding hydrogens is 322 g/mol. The van der Waals surface area contributed by atoms with Gasteiger partial charge >= 0.3 is 5.97 Å². The van der Waals surface area contributed by atoms with Crippen LogP contribution in [0.3, 0.4) is 0 Å². The van der Waals surface area contributed by atoms with Gasteiger partial charge in [0.1, 0.15) is 5.69 Å². The van der Waals surface area contributed by atoms with Gasteiger partial charge in [0.15, 0.2) is 5.75 Å². The van der Waals surface area contributed by atoms with E-state index in [0.717, 1.165) is 10.8 Å². The van der Waals surface area contributed by atoms with Gasteiger partial charge in [0.2, 0.25) is 0 Å². The summed E-state index contributed by atoms with van der Waals surface area (Å²) in [5.41, 5.74) is 0.320. The van der Waals surface area contributed by atoms with E-state index in [2.05, 4.69) is 4.74 Å². The minimum Gasteiger partial charge on any atom is -0.494 e. The van der Waals surface area contributed by atoms with Crippen molar-refractivity contribution in [2.45, 2.75) is 32.1 Å². The highest BCUT2D eigenvalue weighted by molar-refractivity contribution is 5.99. The lowest BCUT2D eigenvalue weighted by Gasteiger charge is -2.19. The number of rotatable bonds is 8. The molecule has 0 unspecified atom stereocenters. The topological polar surface area (TPSA) is 76.1 Å². The van der Waals surface area contributed by atoms with Crippen LogP contribution < -0.4 is 9.80 Å². The lowest BCUT2D eigenvalue weighted by atomic mass is 10.1. The minimum absolute atomic E-state index is 0.188. The zero-order valence-corrected chi connectivity index (χ0v) is 14.5. The normalized spacial score (nSPS) is 10.5. The van der Waals surface area contributed by atoms with Crippen LogP contribution in [0.1, 0.15) is 32.1 Å². The van der Waals surface area contributed by atoms with E-state index in [1.165, 1.54) is 14.2 Å². The zero-order chi connectivity index (χ0) is 18.2. The number of hydroxylamine groups is 1. The van der Waals surface area contributed by atoms with Gasteiger partial charge in [0.25, 0.3) is 5.91 Å². The van der Waals surface area contributed by atoms with Gasteiger partial charge in [-0.1, -0.05) is 36.8 Å². The lowest BCUT2D eigenvalue weighted by Crippen LogP contribution is -2.27. The molecule has 0 fully saturated rings. The fourth-order valence-corrected chi connectivity index (χ4v) is 2.68. The molecule has 1 amide bonds. The number of hydrogen-bond donors (Lipinski definition) is 1. The second kappa shape index (κ2) is 9.03. The molecule has 25 heavy (non-hydrogen) atoms. The third-order valence-corrected chi connectivity index (χ3v) is 4.03. The Kier molecular flexibility index (Phi) is 6.77. The summed E-state index contributed by atoms with van der Waals surface area (Å²) >= 11 is 0. The van der Waals surface area contributed by atoms with Crippen LogP contribution in [0.15, 0.2) is 36.4 Å². The Hall–Kier alpha value is -2.60. The van der Waals surface area contributed by atoms with Gasteiger partial charge in [-0.2, -0.15) is 5.06 Å². The summed E-state index contributed by atoms with van der Waals surface area (Å²) in [6.07, 6.45) is 2.48. The Morgan fingerprint density at radius 1 is 1.00 bits per heavy atom. The molecule has 6 heteroatoms. The van der Waals surface area contributed by atoms with Gasteiger partial charge in [-0.15, -0.1) is 0 Å². The fourth-order valence-electron chi connectivity index (χ4n) is 2.68. The average molecular weight is 345 g/mol. The predicted molar refractivity (Wildman–Crippen MR) is 94.9 cm³/mol. The first-order valence-corrected chi connectivity index (χ1v) is 8.23. The van der Waals surface area contributed by atoms with E-state index in [1.54, 1.807) is 6.07 Å². The maximum absolute atomic E-state index is 12.2. The monoisotopic (exact) mass is 345 g/mol. The zero-order valence-electron chi connectivity index (χ0n) is 14.5. The number of unbranched alkanes of at least 4 members (excludes halogenated alkanes) is 2. The number of methoxy groups -OCH3 is 2. The van der Waals surface area contributed by atoms with E-state index >= 15 is 0 Å². The summed E-state index contributed by atoms with van der Waals surface area (Å²) in [5, 5.41) is 12.7. The lowest BCUT2D eigenvalue weighted by molar-refractivity contribution is -0.140. The molecule has 0 heterocycles. The second-order valence-corrected chi connectivity index (χ2v) is 5.68. The van der Waals surface area contributed by atoms with Crippen molar-refractivity contribution in [3.05, 3.63) is 36.4 Å². The van der Waals surface area contributed by atoms with Crippen LogP contribution in [0.2, 0.25) is 0 Å². The van der Waals surface area contributed by atoms with E-state index in [1.807, 2.05) is 30.3 Å². The van der Waals surface area contributed by atoms with Gasteiger partial charge < -0.3 is 9.47 Å². The average Bonchev–Trinajstić information content (AvgIpc) is 2.65. The van der Waals surface area contributed by atoms with Crippen molar-refractivity contribution < 1.29 is 24.3 Å². The molecule has 0 radical (unpaired) electrons. The molecule has 0 atom stereocenters. The number of carbonyl (C=O) groups is 2. The van der Waals surface area contributed by atoms with Gasteiger partial charge in [-0.3, -0.25) is 14.8 Å². The molecule has 1 N–H and O–H groups in total. The molecule has 2 aromatic rings. The van der Waals surface area contributed by atoms with Crippen molar-refractivity contribution in [2.24, 2.45) is 0 Å². The summed E-state index contributed by atoms with van der Waals surface area (Å²) in [6, 6.07) is 11.1. The molecule has 2 rings (SSSR count). The van der Waals surface area contributed by atoms with Crippen molar-refractivity contribution >= 4 is 28.3 Å². The maximum atomic E-state index is 12.2. The molecule has 0 saturated carbocycles. The largest absolute Gasteiger partial charge is 0.494 e. The first-order chi connectivity index (χ1) is 12.1. The highest BCUT2D eigenvalue weighted by Crippen LogP contribution is 2.35. The molecule has 2 aromatic carbocycles. The quantitative estimate of drug-likeness (QED) is 0.342. The van der Waals surface area contributed by atoms with E-state index < -0.39 is 5.91 Å². The SMILES string of the molecule is COC(=O)CCCCCC(=O)N(O)c1ccc2ccccc2c1OC. The summed E-state index contributed by atoms with van der Waals surface area (Å²) in [6.45, 7) is 0. The summed E-state index contributed by atoms with van der Waals surface area (Å²) in [4.78, 5) is 23.3. The molecule has 134 valence electrons. The van der Waals surface area contributed by atoms with Crippen molar-refractivity contribution in [3.63, 3.8) is 0 Å². The van der Waals surface area contributed by atoms with Crippen LogP contribution >= 0.6 is 0 Å². The summed E-state index contributed by atoms with van der Waals surface area (Å²) in [7, 11) is 2.86. The number of benzene rings is 2. The van der Waals surface area contributed by atoms with E-state index in [-0.39, 0.29) is 12.4 Å². The van der Waals surface area contributed by atoms with Crippen LogP contribution in [-0.4, -0.2) is 31.3 Å². The van der Waals surface area contributed by atoms with E-state index in [0.29, 0.717) is 42.2 Å². The first-order valence-electron chi connectivity index (χ1n) is 8.23. The number of carbonyl (C=O) groups excluding carboxylic acids is 2. The third kappa shape index (κ3) is 4.70. The number of nitrogens with zero attached hydrogens (tertiary/aromatic N) is 1. The van der Waals surface area contributed by atoms with Crippen LogP contribution in [-0.2, 0) is 14.3 Å². The minimum atomic E-state index is -0.411. The Labute approximate surface area is 146 Å². The molecule has 0 spiro atoms. The highest BCUT2D eigenvalue weighted by Gasteiger charge is 2.19.